The molecule has 0 N–H and O–H groups in total. The van der Waals surface area contributed by atoms with Gasteiger partial charge in [0.15, 0.2) is 28.6 Å². The van der Waals surface area contributed by atoms with Gasteiger partial charge in [0, 0.05) is 18.6 Å². The molecule has 6 aromatic rings. The Morgan fingerprint density at radius 3 is 2.33 bits per heavy atom. The predicted octanol–water partition coefficient (Wildman–Crippen LogP) is 1.22. The molecular weight excluding hydrogens is 384 g/mol. The van der Waals surface area contributed by atoms with E-state index in [0.29, 0.717) is 56.4 Å². The Balaban J connectivity index is 1.49. The average molecular weight is 392 g/mol. The van der Waals surface area contributed by atoms with Gasteiger partial charge in [-0.3, -0.25) is 0 Å². The highest BCUT2D eigenvalue weighted by Crippen LogP contribution is 2.24. The summed E-state index contributed by atoms with van der Waals surface area (Å²) in [7, 11) is 0. The van der Waals surface area contributed by atoms with Gasteiger partial charge in [0.25, 0.3) is 0 Å². The van der Waals surface area contributed by atoms with Gasteiger partial charge >= 0.3 is 0 Å². The fourth-order valence-corrected chi connectivity index (χ4v) is 2.92. The third kappa shape index (κ3) is 2.63. The first-order valence-electron chi connectivity index (χ1n) is 8.70. The molecular formula is C18H8N12. The molecule has 0 saturated carbocycles. The average Bonchev–Trinajstić information content (AvgIpc) is 2.82. The summed E-state index contributed by atoms with van der Waals surface area (Å²) in [6.45, 7) is 0. The summed E-state index contributed by atoms with van der Waals surface area (Å²) in [4.78, 5) is 51.4. The fraction of sp³-hybridized carbons (Fsp3) is 0. The molecule has 0 saturated heterocycles. The molecule has 0 unspecified atom stereocenters. The van der Waals surface area contributed by atoms with Crippen LogP contribution in [-0.2, 0) is 0 Å². The second-order valence-corrected chi connectivity index (χ2v) is 6.10. The van der Waals surface area contributed by atoms with E-state index in [1.807, 2.05) is 0 Å². The molecule has 0 fully saturated rings. The van der Waals surface area contributed by atoms with Crippen LogP contribution in [0.5, 0.6) is 0 Å². The van der Waals surface area contributed by atoms with Crippen molar-refractivity contribution in [3.63, 3.8) is 0 Å². The lowest BCUT2D eigenvalue weighted by molar-refractivity contribution is 1.08. The van der Waals surface area contributed by atoms with Crippen molar-refractivity contribution in [1.82, 2.24) is 59.8 Å². The maximum Gasteiger partial charge on any atom is 0.199 e. The van der Waals surface area contributed by atoms with E-state index < -0.39 is 0 Å². The molecule has 6 rings (SSSR count). The van der Waals surface area contributed by atoms with E-state index in [4.69, 9.17) is 0 Å². The van der Waals surface area contributed by atoms with Crippen LogP contribution in [0.4, 0.5) is 0 Å². The third-order valence-corrected chi connectivity index (χ3v) is 4.29. The minimum Gasteiger partial charge on any atom is -0.243 e. The molecule has 6 heterocycles. The second-order valence-electron chi connectivity index (χ2n) is 6.10. The van der Waals surface area contributed by atoms with Crippen LogP contribution in [0.2, 0.25) is 0 Å². The van der Waals surface area contributed by atoms with Crippen molar-refractivity contribution >= 4 is 33.4 Å². The largest absolute Gasteiger partial charge is 0.243 e. The predicted molar refractivity (Wildman–Crippen MR) is 103 cm³/mol. The van der Waals surface area contributed by atoms with Gasteiger partial charge in [-0.2, -0.15) is 0 Å². The van der Waals surface area contributed by atoms with Crippen LogP contribution in [0.25, 0.3) is 56.4 Å². The van der Waals surface area contributed by atoms with E-state index in [1.54, 1.807) is 37.2 Å². The summed E-state index contributed by atoms with van der Waals surface area (Å²) < 4.78 is 0. The monoisotopic (exact) mass is 392 g/mol. The van der Waals surface area contributed by atoms with E-state index in [-0.39, 0.29) is 0 Å². The molecule has 140 valence electrons. The first-order valence-corrected chi connectivity index (χ1v) is 8.70. The summed E-state index contributed by atoms with van der Waals surface area (Å²) in [6.07, 6.45) is 12.4. The molecule has 30 heavy (non-hydrogen) atoms. The number of nitrogens with zero attached hydrogens (tertiary/aromatic N) is 12. The molecule has 0 aliphatic heterocycles. The molecule has 0 aliphatic rings. The molecule has 6 aromatic heterocycles. The number of hydrogen-bond donors (Lipinski definition) is 0. The number of aromatic nitrogens is 12. The van der Waals surface area contributed by atoms with Gasteiger partial charge < -0.3 is 0 Å². The molecule has 0 atom stereocenters. The van der Waals surface area contributed by atoms with Crippen molar-refractivity contribution in [3.8, 4) is 23.0 Å². The van der Waals surface area contributed by atoms with Gasteiger partial charge in [0.2, 0.25) is 0 Å². The zero-order valence-electron chi connectivity index (χ0n) is 15.0. The summed E-state index contributed by atoms with van der Waals surface area (Å²) in [5.74, 6) is 0.675. The smallest absolute Gasteiger partial charge is 0.199 e. The Labute approximate surface area is 166 Å². The highest BCUT2D eigenvalue weighted by molar-refractivity contribution is 5.89. The molecule has 12 nitrogen and oxygen atoms in total. The van der Waals surface area contributed by atoms with Crippen LogP contribution in [0, 0.1) is 0 Å². The Bertz CT molecular complexity index is 1570. The molecule has 0 radical (unpaired) electrons. The quantitative estimate of drug-likeness (QED) is 0.416. The maximum atomic E-state index is 4.50. The second kappa shape index (κ2) is 6.41. The zero-order chi connectivity index (χ0) is 19.9. The number of rotatable bonds is 2. The van der Waals surface area contributed by atoms with Crippen molar-refractivity contribution in [2.24, 2.45) is 0 Å². The van der Waals surface area contributed by atoms with Crippen LogP contribution >= 0.6 is 0 Å². The lowest BCUT2D eigenvalue weighted by atomic mass is 10.2. The van der Waals surface area contributed by atoms with E-state index >= 15 is 0 Å². The van der Waals surface area contributed by atoms with E-state index in [9.17, 15) is 0 Å². The lowest BCUT2D eigenvalue weighted by Gasteiger charge is -2.05. The number of fused-ring (bicyclic) bond motifs is 3. The normalized spacial score (nSPS) is 11.3. The van der Waals surface area contributed by atoms with Gasteiger partial charge in [0.05, 0.1) is 24.0 Å². The van der Waals surface area contributed by atoms with Gasteiger partial charge in [-0.15, -0.1) is 0 Å². The highest BCUT2D eigenvalue weighted by atomic mass is 15.0. The van der Waals surface area contributed by atoms with Gasteiger partial charge in [-0.25, -0.2) is 59.8 Å². The standard InChI is InChI=1S/C18H8N12/c1-2-21-16-15(20-1)23-6-12(29-16)13-9-3-22-18(30-14(9)27-8-26-13)17-24-5-10-11(28-17)4-19-7-25-10/h1-8H. The van der Waals surface area contributed by atoms with Gasteiger partial charge in [-0.05, 0) is 0 Å². The minimum absolute atomic E-state index is 0.327. The topological polar surface area (TPSA) is 155 Å². The van der Waals surface area contributed by atoms with E-state index in [2.05, 4.69) is 59.8 Å². The van der Waals surface area contributed by atoms with Crippen molar-refractivity contribution in [1.29, 1.82) is 0 Å². The maximum absolute atomic E-state index is 4.50. The summed E-state index contributed by atoms with van der Waals surface area (Å²) in [6, 6.07) is 0. The molecule has 0 aromatic carbocycles. The van der Waals surface area contributed by atoms with Crippen molar-refractivity contribution in [2.75, 3.05) is 0 Å². The lowest BCUT2D eigenvalue weighted by Crippen LogP contribution is -2.00. The fourth-order valence-electron chi connectivity index (χ4n) is 2.92. The SMILES string of the molecule is c1ncc2nc(-c3ncc4c(-c5cnc6nccnc6n5)ncnc4n3)ncc2n1. The zero-order valence-corrected chi connectivity index (χ0v) is 15.0. The molecule has 0 aliphatic carbocycles. The molecule has 0 amide bonds. The Hall–Kier alpha value is -4.74. The Morgan fingerprint density at radius 2 is 1.37 bits per heavy atom. The first-order chi connectivity index (χ1) is 14.8. The Kier molecular flexibility index (Phi) is 3.47. The van der Waals surface area contributed by atoms with Crippen LogP contribution in [0.3, 0.4) is 0 Å². The van der Waals surface area contributed by atoms with Gasteiger partial charge in [0.1, 0.15) is 35.1 Å². The molecule has 0 bridgehead atoms. The van der Waals surface area contributed by atoms with Gasteiger partial charge in [-0.1, -0.05) is 0 Å². The highest BCUT2D eigenvalue weighted by Gasteiger charge is 2.14. The first kappa shape index (κ1) is 16.2. The minimum atomic E-state index is 0.327. The van der Waals surface area contributed by atoms with Crippen LogP contribution in [0.15, 0.2) is 49.8 Å². The molecule has 0 spiro atoms. The van der Waals surface area contributed by atoms with Crippen molar-refractivity contribution in [3.05, 3.63) is 49.8 Å². The molecule has 12 heteroatoms. The Morgan fingerprint density at radius 1 is 0.500 bits per heavy atom. The number of hydrogen-bond acceptors (Lipinski definition) is 12. The van der Waals surface area contributed by atoms with Crippen LogP contribution in [-0.4, -0.2) is 59.8 Å². The third-order valence-electron chi connectivity index (χ3n) is 4.29. The van der Waals surface area contributed by atoms with E-state index in [1.165, 1.54) is 12.7 Å². The van der Waals surface area contributed by atoms with E-state index in [0.717, 1.165) is 0 Å². The summed E-state index contributed by atoms with van der Waals surface area (Å²) >= 11 is 0. The van der Waals surface area contributed by atoms with Crippen molar-refractivity contribution in [2.45, 2.75) is 0 Å². The summed E-state index contributed by atoms with van der Waals surface area (Å²) in [5.41, 5.74) is 3.60. The van der Waals surface area contributed by atoms with Crippen LogP contribution in [0.1, 0.15) is 0 Å². The van der Waals surface area contributed by atoms with Crippen LogP contribution < -0.4 is 0 Å². The summed E-state index contributed by atoms with van der Waals surface area (Å²) in [5, 5.41) is 0.614. The van der Waals surface area contributed by atoms with Crippen molar-refractivity contribution < 1.29 is 0 Å².